The molecule has 0 saturated heterocycles. The zero-order chi connectivity index (χ0) is 16.7. The molecule has 0 aliphatic rings. The van der Waals surface area contributed by atoms with Gasteiger partial charge in [-0.3, -0.25) is 9.59 Å². The fraction of sp³-hybridized carbons (Fsp3) is 0.385. The van der Waals surface area contributed by atoms with Gasteiger partial charge in [0.05, 0.1) is 17.1 Å². The quantitative estimate of drug-likeness (QED) is 0.594. The van der Waals surface area contributed by atoms with E-state index in [1.165, 1.54) is 12.3 Å². The Balaban J connectivity index is 2.38. The zero-order valence-corrected chi connectivity index (χ0v) is 13.5. The molecule has 0 atom stereocenters. The number of nitrogens with one attached hydrogen (secondary N) is 2. The van der Waals surface area contributed by atoms with Crippen LogP contribution >= 0.6 is 23.2 Å². The molecule has 2 N–H and O–H groups in total. The molecule has 0 bridgehead atoms. The van der Waals surface area contributed by atoms with E-state index < -0.39 is 18.5 Å². The number of aromatic nitrogens is 1. The molecule has 7 nitrogen and oxygen atoms in total. The number of carbonyl (C=O) groups is 3. The molecule has 9 heteroatoms. The average Bonchev–Trinajstić information content (AvgIpc) is 2.44. The van der Waals surface area contributed by atoms with Crippen LogP contribution < -0.4 is 10.6 Å². The molecule has 0 aliphatic heterocycles. The molecule has 1 rings (SSSR count). The standard InChI is InChI=1S/C13H15Cl2N3O4/c1-7(2)18-10(19)5-16-11(20)6-22-13(21)8-3-9(14)12(15)17-4-8/h3-4,7H,5-6H2,1-2H3,(H,16,20)(H,18,19). The van der Waals surface area contributed by atoms with Gasteiger partial charge in [-0.1, -0.05) is 23.2 Å². The van der Waals surface area contributed by atoms with Gasteiger partial charge in [-0.2, -0.15) is 0 Å². The van der Waals surface area contributed by atoms with Crippen LogP contribution in [0, 0.1) is 0 Å². The molecule has 1 heterocycles. The van der Waals surface area contributed by atoms with Crippen LogP contribution in [0.2, 0.25) is 10.2 Å². The van der Waals surface area contributed by atoms with E-state index in [1.54, 1.807) is 13.8 Å². The van der Waals surface area contributed by atoms with Gasteiger partial charge in [-0.05, 0) is 19.9 Å². The number of nitrogens with zero attached hydrogens (tertiary/aromatic N) is 1. The minimum atomic E-state index is -0.771. The van der Waals surface area contributed by atoms with Crippen molar-refractivity contribution < 1.29 is 19.1 Å². The topological polar surface area (TPSA) is 97.4 Å². The number of esters is 1. The highest BCUT2D eigenvalue weighted by Crippen LogP contribution is 2.19. The van der Waals surface area contributed by atoms with E-state index >= 15 is 0 Å². The summed E-state index contributed by atoms with van der Waals surface area (Å²) in [5.74, 6) is -1.70. The van der Waals surface area contributed by atoms with Gasteiger partial charge in [0.15, 0.2) is 6.61 Å². The Morgan fingerprint density at radius 1 is 1.27 bits per heavy atom. The van der Waals surface area contributed by atoms with Crippen molar-refractivity contribution in [3.63, 3.8) is 0 Å². The summed E-state index contributed by atoms with van der Waals surface area (Å²) >= 11 is 11.3. The Hall–Kier alpha value is -1.86. The molecule has 0 aliphatic carbocycles. The smallest absolute Gasteiger partial charge is 0.340 e. The molecule has 120 valence electrons. The number of halogens is 2. The molecule has 1 aromatic heterocycles. The third-order valence-corrected chi connectivity index (χ3v) is 2.95. The maximum absolute atomic E-state index is 11.7. The summed E-state index contributed by atoms with van der Waals surface area (Å²) in [7, 11) is 0. The number of rotatable bonds is 6. The van der Waals surface area contributed by atoms with Crippen molar-refractivity contribution in [1.29, 1.82) is 0 Å². The Kier molecular flexibility index (Phi) is 7.07. The third-order valence-electron chi connectivity index (χ3n) is 2.26. The lowest BCUT2D eigenvalue weighted by atomic mass is 10.3. The number of ether oxygens (including phenoxy) is 1. The normalized spacial score (nSPS) is 10.2. The van der Waals surface area contributed by atoms with Gasteiger partial charge in [-0.15, -0.1) is 0 Å². The number of pyridine rings is 1. The van der Waals surface area contributed by atoms with Crippen LogP contribution in [-0.4, -0.2) is 42.0 Å². The molecule has 1 aromatic rings. The SMILES string of the molecule is CC(C)NC(=O)CNC(=O)COC(=O)c1cnc(Cl)c(Cl)c1. The lowest BCUT2D eigenvalue weighted by Crippen LogP contribution is -2.41. The summed E-state index contributed by atoms with van der Waals surface area (Å²) < 4.78 is 4.77. The van der Waals surface area contributed by atoms with Gasteiger partial charge in [0, 0.05) is 12.2 Å². The first-order valence-electron chi connectivity index (χ1n) is 6.34. The second kappa shape index (κ2) is 8.55. The van der Waals surface area contributed by atoms with Crippen molar-refractivity contribution in [2.45, 2.75) is 19.9 Å². The molecular weight excluding hydrogens is 333 g/mol. The lowest BCUT2D eigenvalue weighted by molar-refractivity contribution is -0.128. The van der Waals surface area contributed by atoms with Crippen LogP contribution in [0.4, 0.5) is 0 Å². The molecule has 0 aromatic carbocycles. The fourth-order valence-corrected chi connectivity index (χ4v) is 1.62. The van der Waals surface area contributed by atoms with Crippen LogP contribution in [0.5, 0.6) is 0 Å². The van der Waals surface area contributed by atoms with Gasteiger partial charge in [0.25, 0.3) is 5.91 Å². The Labute approximate surface area is 137 Å². The monoisotopic (exact) mass is 347 g/mol. The predicted molar refractivity (Wildman–Crippen MR) is 80.8 cm³/mol. The number of hydrogen-bond acceptors (Lipinski definition) is 5. The van der Waals surface area contributed by atoms with Crippen LogP contribution in [0.25, 0.3) is 0 Å². The van der Waals surface area contributed by atoms with Gasteiger partial charge < -0.3 is 15.4 Å². The maximum atomic E-state index is 11.7. The average molecular weight is 348 g/mol. The lowest BCUT2D eigenvalue weighted by Gasteiger charge is -2.09. The van der Waals surface area contributed by atoms with Gasteiger partial charge >= 0.3 is 5.97 Å². The van der Waals surface area contributed by atoms with Gasteiger partial charge in [0.1, 0.15) is 5.15 Å². The Morgan fingerprint density at radius 3 is 2.55 bits per heavy atom. The van der Waals surface area contributed by atoms with Crippen molar-refractivity contribution in [2.24, 2.45) is 0 Å². The highest BCUT2D eigenvalue weighted by atomic mass is 35.5. The predicted octanol–water partition coefficient (Wildman–Crippen LogP) is 1.19. The molecule has 0 spiro atoms. The first-order valence-corrected chi connectivity index (χ1v) is 7.09. The number of carbonyl (C=O) groups excluding carboxylic acids is 3. The van der Waals surface area contributed by atoms with E-state index in [-0.39, 0.29) is 34.2 Å². The largest absolute Gasteiger partial charge is 0.452 e. The van der Waals surface area contributed by atoms with Crippen molar-refractivity contribution in [2.75, 3.05) is 13.2 Å². The van der Waals surface area contributed by atoms with Crippen molar-refractivity contribution >= 4 is 41.0 Å². The molecular formula is C13H15Cl2N3O4. The van der Waals surface area contributed by atoms with E-state index in [2.05, 4.69) is 15.6 Å². The van der Waals surface area contributed by atoms with Gasteiger partial charge in [-0.25, -0.2) is 9.78 Å². The van der Waals surface area contributed by atoms with Crippen LogP contribution in [0.1, 0.15) is 24.2 Å². The molecule has 0 saturated carbocycles. The summed E-state index contributed by atoms with van der Waals surface area (Å²) in [6.07, 6.45) is 1.19. The van der Waals surface area contributed by atoms with E-state index in [0.29, 0.717) is 0 Å². The molecule has 0 radical (unpaired) electrons. The molecule has 0 unspecified atom stereocenters. The maximum Gasteiger partial charge on any atom is 0.340 e. The van der Waals surface area contributed by atoms with Gasteiger partial charge in [0.2, 0.25) is 5.91 Å². The van der Waals surface area contributed by atoms with Crippen LogP contribution in [-0.2, 0) is 14.3 Å². The first-order chi connectivity index (χ1) is 10.3. The number of amides is 2. The molecule has 22 heavy (non-hydrogen) atoms. The van der Waals surface area contributed by atoms with E-state index in [0.717, 1.165) is 0 Å². The van der Waals surface area contributed by atoms with Crippen molar-refractivity contribution in [3.05, 3.63) is 28.0 Å². The highest BCUT2D eigenvalue weighted by Gasteiger charge is 2.13. The third kappa shape index (κ3) is 6.28. The summed E-state index contributed by atoms with van der Waals surface area (Å²) in [5.41, 5.74) is 0.0692. The van der Waals surface area contributed by atoms with Crippen molar-refractivity contribution in [1.82, 2.24) is 15.6 Å². The van der Waals surface area contributed by atoms with E-state index in [4.69, 9.17) is 27.9 Å². The second-order valence-corrected chi connectivity index (χ2v) is 5.34. The zero-order valence-electron chi connectivity index (χ0n) is 12.0. The molecule has 0 fully saturated rings. The van der Waals surface area contributed by atoms with E-state index in [1.807, 2.05) is 0 Å². The minimum Gasteiger partial charge on any atom is -0.452 e. The first kappa shape index (κ1) is 18.2. The van der Waals surface area contributed by atoms with Crippen molar-refractivity contribution in [3.8, 4) is 0 Å². The Morgan fingerprint density at radius 2 is 1.95 bits per heavy atom. The second-order valence-electron chi connectivity index (χ2n) is 4.57. The summed E-state index contributed by atoms with van der Waals surface area (Å²) in [5, 5.41) is 5.09. The summed E-state index contributed by atoms with van der Waals surface area (Å²) in [6.45, 7) is 2.89. The highest BCUT2D eigenvalue weighted by molar-refractivity contribution is 6.41. The van der Waals surface area contributed by atoms with Crippen LogP contribution in [0.15, 0.2) is 12.3 Å². The van der Waals surface area contributed by atoms with Crippen LogP contribution in [0.3, 0.4) is 0 Å². The Bertz CT molecular complexity index is 578. The fourth-order valence-electron chi connectivity index (χ4n) is 1.35. The molecule has 2 amide bonds. The van der Waals surface area contributed by atoms with E-state index in [9.17, 15) is 14.4 Å². The summed E-state index contributed by atoms with van der Waals surface area (Å²) in [6, 6.07) is 1.26. The number of hydrogen-bond donors (Lipinski definition) is 2. The summed E-state index contributed by atoms with van der Waals surface area (Å²) in [4.78, 5) is 38.1. The minimum absolute atomic E-state index is 0.0237.